The van der Waals surface area contributed by atoms with Crippen molar-refractivity contribution in [2.24, 2.45) is 0 Å². The van der Waals surface area contributed by atoms with E-state index in [1.807, 2.05) is 0 Å². The molecule has 0 saturated carbocycles. The molecule has 2 aliphatic heterocycles. The summed E-state index contributed by atoms with van der Waals surface area (Å²) >= 11 is 4.20. The maximum Gasteiger partial charge on any atom is 0.277 e. The summed E-state index contributed by atoms with van der Waals surface area (Å²) in [7, 11) is 0. The van der Waals surface area contributed by atoms with Gasteiger partial charge in [-0.05, 0) is 155 Å². The first-order chi connectivity index (χ1) is 39.2. The third kappa shape index (κ3) is 5.93. The van der Waals surface area contributed by atoms with Gasteiger partial charge in [-0.15, -0.1) is 22.7 Å². The predicted octanol–water partition coefficient (Wildman–Crippen LogP) is 18.6. The Morgan fingerprint density at radius 1 is 0.407 bits per heavy atom. The third-order valence-electron chi connectivity index (χ3n) is 19.4. The van der Waals surface area contributed by atoms with Gasteiger partial charge >= 0.3 is 0 Å². The molecule has 4 heterocycles. The molecule has 6 aliphatic rings. The van der Waals surface area contributed by atoms with Crippen molar-refractivity contribution in [2.45, 2.75) is 89.9 Å². The summed E-state index contributed by atoms with van der Waals surface area (Å²) in [6.45, 7) is 21.0. The molecule has 17 rings (SSSR count). The molecular weight excluding hydrogens is 1020 g/mol. The molecule has 0 radical (unpaired) electrons. The van der Waals surface area contributed by atoms with E-state index in [0.717, 1.165) is 0 Å². The van der Waals surface area contributed by atoms with E-state index in [4.69, 9.17) is 0 Å². The lowest BCUT2D eigenvalue weighted by Crippen LogP contribution is -2.59. The molecule has 11 aromatic rings. The van der Waals surface area contributed by atoms with Crippen LogP contribution >= 0.6 is 22.7 Å². The first-order valence-corrected chi connectivity index (χ1v) is 30.8. The molecule has 0 unspecified atom stereocenters. The predicted molar refractivity (Wildman–Crippen MR) is 345 cm³/mol. The first-order valence-electron chi connectivity index (χ1n) is 29.1. The molecule has 2 nitrogen and oxygen atoms in total. The second-order valence-electron chi connectivity index (χ2n) is 26.1. The van der Waals surface area contributed by atoms with Gasteiger partial charge in [-0.3, -0.25) is 0 Å². The van der Waals surface area contributed by atoms with Crippen molar-refractivity contribution in [2.75, 3.05) is 9.80 Å². The topological polar surface area (TPSA) is 6.48 Å². The minimum Gasteiger partial charge on any atom is -0.310 e. The zero-order valence-corrected chi connectivity index (χ0v) is 49.1. The Kier molecular flexibility index (Phi) is 9.53. The van der Waals surface area contributed by atoms with Crippen molar-refractivity contribution in [3.63, 3.8) is 0 Å². The highest BCUT2D eigenvalue weighted by atomic mass is 32.1. The van der Waals surface area contributed by atoms with Crippen molar-refractivity contribution >= 4 is 78.5 Å². The Morgan fingerprint density at radius 2 is 0.778 bits per heavy atom. The Balaban J connectivity index is 1.04. The van der Waals surface area contributed by atoms with Gasteiger partial charge in [0, 0.05) is 53.2 Å². The zero-order valence-electron chi connectivity index (χ0n) is 47.4. The summed E-state index contributed by atoms with van der Waals surface area (Å²) < 4.78 is 2.85. The lowest BCUT2D eigenvalue weighted by molar-refractivity contribution is 0.588. The number of rotatable bonds is 3. The number of fused-ring (bicyclic) bond motifs is 26. The van der Waals surface area contributed by atoms with Crippen LogP contribution in [0.25, 0.3) is 44.5 Å². The molecule has 0 N–H and O–H groups in total. The van der Waals surface area contributed by atoms with E-state index in [9.17, 15) is 0 Å². The van der Waals surface area contributed by atoms with Crippen molar-refractivity contribution in [1.82, 2.24) is 0 Å². The molecule has 2 spiro atoms. The zero-order chi connectivity index (χ0) is 54.8. The summed E-state index contributed by atoms with van der Waals surface area (Å²) in [5, 5.41) is 0. The van der Waals surface area contributed by atoms with Gasteiger partial charge in [0.25, 0.3) is 6.71 Å². The van der Waals surface area contributed by atoms with Gasteiger partial charge in [0.2, 0.25) is 0 Å². The van der Waals surface area contributed by atoms with E-state index >= 15 is 0 Å². The Hall–Kier alpha value is -7.96. The highest BCUT2D eigenvalue weighted by molar-refractivity contribution is 7.37. The molecular formula is C76H61BN2S2. The van der Waals surface area contributed by atoms with Crippen LogP contribution in [0.5, 0.6) is 0 Å². The highest BCUT2D eigenvalue weighted by Crippen LogP contribution is 2.70. The number of hydrogen-bond acceptors (Lipinski definition) is 4. The Bertz CT molecular complexity index is 4460. The lowest BCUT2D eigenvalue weighted by Gasteiger charge is -2.43. The normalized spacial score (nSPS) is 15.5. The van der Waals surface area contributed by atoms with Crippen molar-refractivity contribution in [3.8, 4) is 44.5 Å². The average Bonchev–Trinajstić information content (AvgIpc) is 3.62. The van der Waals surface area contributed by atoms with E-state index in [2.05, 4.69) is 295 Å². The number of benzene rings is 9. The van der Waals surface area contributed by atoms with Crippen molar-refractivity contribution < 1.29 is 0 Å². The van der Waals surface area contributed by atoms with Crippen LogP contribution in [-0.2, 0) is 21.7 Å². The van der Waals surface area contributed by atoms with Crippen LogP contribution in [0.1, 0.15) is 127 Å². The molecule has 390 valence electrons. The number of anilines is 6. The van der Waals surface area contributed by atoms with Crippen LogP contribution in [0.4, 0.5) is 34.1 Å². The summed E-state index contributed by atoms with van der Waals surface area (Å²) in [5.74, 6) is 0.411. The fourth-order valence-corrected chi connectivity index (χ4v) is 19.2. The first kappa shape index (κ1) is 47.8. The van der Waals surface area contributed by atoms with Crippen molar-refractivity contribution in [1.29, 1.82) is 0 Å². The standard InChI is InChI=1S/C76H61BN2S2/c1-43(2)45-30-35-48(36-31-45)78-62-40-44(3)41-63-66(62)77(72-68(78)65-55-39-34-47(74(7,8)9)42-61(55)76(70(65)81-72)58-27-17-12-22-52(58)53-23-13-18-28-59(53)76)71-67(79(63)49-37-32-46(33-38-49)73(4,5)6)64-54-24-14-19-29-60(54)75(69(64)80-71)56-25-15-10-20-50(56)51-21-11-16-26-57(51)75/h10-43H,1-9H3. The highest BCUT2D eigenvalue weighted by Gasteiger charge is 2.60. The number of aryl methyl sites for hydroxylation is 1. The van der Waals surface area contributed by atoms with Gasteiger partial charge in [0.15, 0.2) is 0 Å². The van der Waals surface area contributed by atoms with Crippen LogP contribution in [0.15, 0.2) is 200 Å². The molecule has 0 saturated heterocycles. The molecule has 0 fully saturated rings. The molecule has 4 aliphatic carbocycles. The van der Waals surface area contributed by atoms with Crippen LogP contribution in [-0.4, -0.2) is 6.71 Å². The summed E-state index contributed by atoms with van der Waals surface area (Å²) in [4.78, 5) is 8.30. The monoisotopic (exact) mass is 1080 g/mol. The Morgan fingerprint density at radius 3 is 1.21 bits per heavy atom. The largest absolute Gasteiger partial charge is 0.310 e. The number of nitrogens with zero attached hydrogens (tertiary/aromatic N) is 2. The maximum atomic E-state index is 2.72. The molecule has 9 aromatic carbocycles. The van der Waals surface area contributed by atoms with Gasteiger partial charge in [-0.2, -0.15) is 0 Å². The third-order valence-corrected chi connectivity index (χ3v) is 22.1. The van der Waals surface area contributed by atoms with E-state index in [0.29, 0.717) is 5.92 Å². The number of hydrogen-bond donors (Lipinski definition) is 0. The van der Waals surface area contributed by atoms with Crippen LogP contribution in [0, 0.1) is 6.92 Å². The van der Waals surface area contributed by atoms with E-state index in [-0.39, 0.29) is 17.5 Å². The molecule has 2 aromatic heterocycles. The van der Waals surface area contributed by atoms with Gasteiger partial charge in [-0.25, -0.2) is 0 Å². The quantitative estimate of drug-likeness (QED) is 0.163. The van der Waals surface area contributed by atoms with Gasteiger partial charge in [-0.1, -0.05) is 219 Å². The summed E-state index contributed by atoms with van der Waals surface area (Å²) in [6, 6.07) is 78.6. The summed E-state index contributed by atoms with van der Waals surface area (Å²) in [6.07, 6.45) is 0. The van der Waals surface area contributed by atoms with Gasteiger partial charge in [0.05, 0.1) is 22.2 Å². The molecule has 81 heavy (non-hydrogen) atoms. The molecule has 0 bridgehead atoms. The number of thiophene rings is 2. The van der Waals surface area contributed by atoms with Gasteiger partial charge in [0.1, 0.15) is 0 Å². The fourth-order valence-electron chi connectivity index (χ4n) is 15.8. The van der Waals surface area contributed by atoms with Gasteiger partial charge < -0.3 is 9.80 Å². The van der Waals surface area contributed by atoms with E-state index in [1.54, 1.807) is 0 Å². The lowest BCUT2D eigenvalue weighted by atomic mass is 9.39. The molecule has 0 atom stereocenters. The minimum absolute atomic E-state index is 0.00359. The minimum atomic E-state index is -0.519. The molecule has 5 heteroatoms. The maximum absolute atomic E-state index is 2.72. The summed E-state index contributed by atoms with van der Waals surface area (Å²) in [5.41, 5.74) is 32.3. The smallest absolute Gasteiger partial charge is 0.277 e. The van der Waals surface area contributed by atoms with Crippen molar-refractivity contribution in [3.05, 3.63) is 266 Å². The van der Waals surface area contributed by atoms with Crippen LogP contribution in [0.3, 0.4) is 0 Å². The van der Waals surface area contributed by atoms with Crippen LogP contribution in [0.2, 0.25) is 0 Å². The SMILES string of the molecule is Cc1cc2c3c(c1)N(c1ccc(C(C)C)cc1)c1c(sc4c1-c1ccc(C(C)(C)C)cc1C41c4ccccc4-c4ccccc41)B3c1sc3c(c1N2c1ccc(C(C)(C)C)cc1)-c1ccccc1C31c2ccccc2-c2ccccc21. The second-order valence-corrected chi connectivity index (χ2v) is 28.2. The van der Waals surface area contributed by atoms with Crippen LogP contribution < -0.4 is 24.8 Å². The van der Waals surface area contributed by atoms with E-state index < -0.39 is 10.8 Å². The second kappa shape index (κ2) is 16.2. The molecule has 0 amide bonds. The fraction of sp³-hybridized carbons (Fsp3) is 0.184. The van der Waals surface area contributed by atoms with E-state index in [1.165, 1.54) is 159 Å². The Labute approximate surface area is 485 Å². The average molecular weight is 1080 g/mol.